The lowest BCUT2D eigenvalue weighted by molar-refractivity contribution is 0.154. The molecule has 94 valence electrons. The zero-order valence-electron chi connectivity index (χ0n) is 10.2. The second kappa shape index (κ2) is 5.78. The lowest BCUT2D eigenvalue weighted by Crippen LogP contribution is -2.40. The van der Waals surface area contributed by atoms with E-state index < -0.39 is 0 Å². The maximum absolute atomic E-state index is 5.64. The number of nitrogens with zero attached hydrogens (tertiary/aromatic N) is 3. The second-order valence-corrected chi connectivity index (χ2v) is 5.41. The van der Waals surface area contributed by atoms with Gasteiger partial charge in [0.25, 0.3) is 0 Å². The predicted octanol–water partition coefficient (Wildman–Crippen LogP) is 2.24. The minimum Gasteiger partial charge on any atom is -0.381 e. The first-order valence-electron chi connectivity index (χ1n) is 6.22. The summed E-state index contributed by atoms with van der Waals surface area (Å²) in [5.74, 6) is 0.463. The Morgan fingerprint density at radius 1 is 1.47 bits per heavy atom. The first kappa shape index (κ1) is 12.8. The van der Waals surface area contributed by atoms with Crippen LogP contribution in [0.25, 0.3) is 0 Å². The maximum atomic E-state index is 5.64. The van der Waals surface area contributed by atoms with Crippen molar-refractivity contribution in [2.45, 2.75) is 38.6 Å². The number of piperidine rings is 1. The molecule has 2 heterocycles. The summed E-state index contributed by atoms with van der Waals surface area (Å²) in [6.07, 6.45) is 4.88. The first-order chi connectivity index (χ1) is 8.20. The van der Waals surface area contributed by atoms with Gasteiger partial charge in [-0.2, -0.15) is 5.10 Å². The molecule has 4 nitrogen and oxygen atoms in total. The fourth-order valence-corrected chi connectivity index (χ4v) is 2.81. The van der Waals surface area contributed by atoms with E-state index in [0.717, 1.165) is 23.1 Å². The Morgan fingerprint density at radius 2 is 2.29 bits per heavy atom. The Morgan fingerprint density at radius 3 is 3.00 bits per heavy atom. The van der Waals surface area contributed by atoms with Crippen LogP contribution in [-0.4, -0.2) is 34.2 Å². The molecule has 0 aliphatic carbocycles. The van der Waals surface area contributed by atoms with Gasteiger partial charge in [0.2, 0.25) is 0 Å². The Kier molecular flexibility index (Phi) is 4.34. The third kappa shape index (κ3) is 3.16. The summed E-state index contributed by atoms with van der Waals surface area (Å²) in [4.78, 5) is 2.54. The van der Waals surface area contributed by atoms with Crippen molar-refractivity contribution >= 4 is 21.7 Å². The van der Waals surface area contributed by atoms with Gasteiger partial charge in [-0.25, -0.2) is 0 Å². The minimum absolute atomic E-state index is 0.463. The molecule has 0 amide bonds. The Balaban J connectivity index is 2.05. The lowest BCUT2D eigenvalue weighted by atomic mass is 9.98. The molecule has 2 N–H and O–H groups in total. The van der Waals surface area contributed by atoms with E-state index in [1.807, 2.05) is 6.07 Å². The van der Waals surface area contributed by atoms with Crippen molar-refractivity contribution in [3.05, 3.63) is 16.2 Å². The van der Waals surface area contributed by atoms with Crippen LogP contribution in [0.15, 0.2) is 10.5 Å². The zero-order chi connectivity index (χ0) is 12.3. The molecule has 0 bridgehead atoms. The van der Waals surface area contributed by atoms with Crippen LogP contribution in [0.3, 0.4) is 0 Å². The van der Waals surface area contributed by atoms with Crippen LogP contribution < -0.4 is 5.73 Å². The van der Waals surface area contributed by atoms with Gasteiger partial charge in [-0.15, -0.1) is 5.10 Å². The van der Waals surface area contributed by atoms with Gasteiger partial charge in [0, 0.05) is 12.5 Å². The topological polar surface area (TPSA) is 55.0 Å². The smallest absolute Gasteiger partial charge is 0.160 e. The van der Waals surface area contributed by atoms with Crippen molar-refractivity contribution < 1.29 is 0 Å². The standard InChI is InChI=1S/C12H19BrN4/c1-2-17-6-4-3-5-10(17)7-9-8-11(13)12(14)16-15-9/h8,10H,2-7H2,1H3,(H2,14,16). The molecule has 1 atom stereocenters. The van der Waals surface area contributed by atoms with Crippen molar-refractivity contribution in [2.24, 2.45) is 0 Å². The predicted molar refractivity (Wildman–Crippen MR) is 72.7 cm³/mol. The Labute approximate surface area is 111 Å². The minimum atomic E-state index is 0.463. The molecule has 5 heteroatoms. The van der Waals surface area contributed by atoms with E-state index in [1.54, 1.807) is 0 Å². The summed E-state index contributed by atoms with van der Waals surface area (Å²) in [5, 5.41) is 8.13. The van der Waals surface area contributed by atoms with Gasteiger partial charge in [-0.05, 0) is 47.9 Å². The van der Waals surface area contributed by atoms with Gasteiger partial charge in [0.05, 0.1) is 10.2 Å². The summed E-state index contributed by atoms with van der Waals surface area (Å²) in [5.41, 5.74) is 6.67. The molecule has 0 saturated carbocycles. The molecule has 1 aliphatic rings. The molecule has 0 radical (unpaired) electrons. The van der Waals surface area contributed by atoms with Crippen molar-refractivity contribution in [1.82, 2.24) is 15.1 Å². The lowest BCUT2D eigenvalue weighted by Gasteiger charge is -2.34. The van der Waals surface area contributed by atoms with Crippen LogP contribution in [0.5, 0.6) is 0 Å². The van der Waals surface area contributed by atoms with Crippen LogP contribution in [0.4, 0.5) is 5.82 Å². The van der Waals surface area contributed by atoms with Gasteiger partial charge < -0.3 is 10.6 Å². The number of nitrogens with two attached hydrogens (primary N) is 1. The third-order valence-corrected chi connectivity index (χ3v) is 4.06. The molecule has 0 spiro atoms. The number of rotatable bonds is 3. The molecular weight excluding hydrogens is 280 g/mol. The number of halogens is 1. The van der Waals surface area contributed by atoms with Gasteiger partial charge in [-0.1, -0.05) is 13.3 Å². The van der Waals surface area contributed by atoms with E-state index in [-0.39, 0.29) is 0 Å². The van der Waals surface area contributed by atoms with E-state index >= 15 is 0 Å². The molecule has 1 aromatic heterocycles. The zero-order valence-corrected chi connectivity index (χ0v) is 11.8. The quantitative estimate of drug-likeness (QED) is 0.930. The van der Waals surface area contributed by atoms with E-state index in [4.69, 9.17) is 5.73 Å². The van der Waals surface area contributed by atoms with Crippen molar-refractivity contribution in [2.75, 3.05) is 18.8 Å². The molecular formula is C12H19BrN4. The second-order valence-electron chi connectivity index (χ2n) is 4.55. The van der Waals surface area contributed by atoms with E-state index in [2.05, 4.69) is 38.0 Å². The highest BCUT2D eigenvalue weighted by atomic mass is 79.9. The van der Waals surface area contributed by atoms with Gasteiger partial charge in [0.1, 0.15) is 0 Å². The van der Waals surface area contributed by atoms with Gasteiger partial charge >= 0.3 is 0 Å². The number of likely N-dealkylation sites (N-methyl/N-ethyl adjacent to an activating group) is 1. The molecule has 1 saturated heterocycles. The highest BCUT2D eigenvalue weighted by molar-refractivity contribution is 9.10. The first-order valence-corrected chi connectivity index (χ1v) is 7.01. The number of hydrogen-bond donors (Lipinski definition) is 1. The number of likely N-dealkylation sites (tertiary alicyclic amines) is 1. The fraction of sp³-hybridized carbons (Fsp3) is 0.667. The molecule has 17 heavy (non-hydrogen) atoms. The summed E-state index contributed by atoms with van der Waals surface area (Å²) in [6.45, 7) is 4.56. The fourth-order valence-electron chi connectivity index (χ4n) is 2.46. The highest BCUT2D eigenvalue weighted by Crippen LogP contribution is 2.22. The summed E-state index contributed by atoms with van der Waals surface area (Å²) in [6, 6.07) is 2.60. The normalized spacial score (nSPS) is 21.6. The molecule has 1 aliphatic heterocycles. The molecule has 1 fully saturated rings. The summed E-state index contributed by atoms with van der Waals surface area (Å²) >= 11 is 3.40. The van der Waals surface area contributed by atoms with Crippen molar-refractivity contribution in [3.8, 4) is 0 Å². The van der Waals surface area contributed by atoms with Crippen LogP contribution >= 0.6 is 15.9 Å². The Bertz CT molecular complexity index is 383. The molecule has 1 aromatic rings. The third-order valence-electron chi connectivity index (χ3n) is 3.42. The van der Waals surface area contributed by atoms with Crippen LogP contribution in [0.2, 0.25) is 0 Å². The van der Waals surface area contributed by atoms with Crippen LogP contribution in [-0.2, 0) is 6.42 Å². The largest absolute Gasteiger partial charge is 0.381 e. The van der Waals surface area contributed by atoms with Crippen molar-refractivity contribution in [3.63, 3.8) is 0 Å². The monoisotopic (exact) mass is 298 g/mol. The molecule has 1 unspecified atom stereocenters. The van der Waals surface area contributed by atoms with E-state index in [9.17, 15) is 0 Å². The SMILES string of the molecule is CCN1CCCCC1Cc1cc(Br)c(N)nn1. The average molecular weight is 299 g/mol. The highest BCUT2D eigenvalue weighted by Gasteiger charge is 2.21. The summed E-state index contributed by atoms with van der Waals surface area (Å²) in [7, 11) is 0. The molecule has 0 aromatic carbocycles. The van der Waals surface area contributed by atoms with Crippen LogP contribution in [0, 0.1) is 0 Å². The van der Waals surface area contributed by atoms with E-state index in [0.29, 0.717) is 11.9 Å². The van der Waals surface area contributed by atoms with Crippen LogP contribution in [0.1, 0.15) is 31.9 Å². The number of hydrogen-bond acceptors (Lipinski definition) is 4. The maximum Gasteiger partial charge on any atom is 0.160 e. The number of anilines is 1. The number of nitrogen functional groups attached to an aromatic ring is 1. The number of aromatic nitrogens is 2. The Hall–Kier alpha value is -0.680. The molecule has 2 rings (SSSR count). The van der Waals surface area contributed by atoms with Gasteiger partial charge in [0.15, 0.2) is 5.82 Å². The van der Waals surface area contributed by atoms with Gasteiger partial charge in [-0.3, -0.25) is 0 Å². The average Bonchev–Trinajstić information content (AvgIpc) is 2.34. The van der Waals surface area contributed by atoms with E-state index in [1.165, 1.54) is 25.8 Å². The summed E-state index contributed by atoms with van der Waals surface area (Å²) < 4.78 is 0.848. The van der Waals surface area contributed by atoms with Crippen molar-refractivity contribution in [1.29, 1.82) is 0 Å².